The van der Waals surface area contributed by atoms with Gasteiger partial charge in [-0.25, -0.2) is 4.79 Å². The second-order valence-electron chi connectivity index (χ2n) is 3.28. The van der Waals surface area contributed by atoms with Gasteiger partial charge in [0.15, 0.2) is 5.76 Å². The molecule has 0 aliphatic rings. The summed E-state index contributed by atoms with van der Waals surface area (Å²) in [6.07, 6.45) is 1.29. The molecule has 0 aliphatic carbocycles. The lowest BCUT2D eigenvalue weighted by molar-refractivity contribution is -0.141. The number of ether oxygens (including phenoxy) is 1. The molecule has 1 atom stereocenters. The lowest BCUT2D eigenvalue weighted by atomic mass is 10.4. The van der Waals surface area contributed by atoms with Crippen molar-refractivity contribution in [3.63, 3.8) is 0 Å². The van der Waals surface area contributed by atoms with Crippen molar-refractivity contribution < 1.29 is 32.4 Å². The summed E-state index contributed by atoms with van der Waals surface area (Å²) in [5.41, 5.74) is 0. The van der Waals surface area contributed by atoms with E-state index in [0.29, 0.717) is 0 Å². The highest BCUT2D eigenvalue weighted by molar-refractivity contribution is 7.55. The topological polar surface area (TPSA) is 104 Å². The summed E-state index contributed by atoms with van der Waals surface area (Å²) in [6.45, 7) is 0. The second-order valence-corrected chi connectivity index (χ2v) is 5.61. The largest absolute Gasteiger partial charge is 0.467 e. The van der Waals surface area contributed by atoms with E-state index in [4.69, 9.17) is 4.42 Å². The molecule has 0 bridgehead atoms. The molecule has 106 valence electrons. The first-order valence-electron chi connectivity index (χ1n) is 5.12. The van der Waals surface area contributed by atoms with Crippen molar-refractivity contribution in [1.29, 1.82) is 0 Å². The number of hydrogen-bond acceptors (Lipinski definition) is 7. The van der Waals surface area contributed by atoms with Gasteiger partial charge in [0.05, 0.1) is 13.4 Å². The van der Waals surface area contributed by atoms with Crippen LogP contribution in [0.5, 0.6) is 0 Å². The second kappa shape index (κ2) is 6.51. The average Bonchev–Trinajstić information content (AvgIpc) is 2.97. The molecule has 0 saturated heterocycles. The number of furan rings is 1. The van der Waals surface area contributed by atoms with Crippen LogP contribution in [0.2, 0.25) is 0 Å². The Morgan fingerprint density at radius 1 is 1.32 bits per heavy atom. The van der Waals surface area contributed by atoms with Gasteiger partial charge in [0, 0.05) is 14.2 Å². The summed E-state index contributed by atoms with van der Waals surface area (Å²) in [4.78, 5) is 23.4. The fraction of sp³-hybridized carbons (Fsp3) is 0.400. The van der Waals surface area contributed by atoms with Crippen LogP contribution in [0.3, 0.4) is 0 Å². The molecule has 19 heavy (non-hydrogen) atoms. The van der Waals surface area contributed by atoms with E-state index in [0.717, 1.165) is 21.3 Å². The van der Waals surface area contributed by atoms with Gasteiger partial charge in [0.25, 0.3) is 5.91 Å². The molecule has 0 aliphatic heterocycles. The summed E-state index contributed by atoms with van der Waals surface area (Å²) in [5.74, 6) is -3.32. The molecule has 1 heterocycles. The third-order valence-electron chi connectivity index (χ3n) is 2.26. The first-order chi connectivity index (χ1) is 8.98. The van der Waals surface area contributed by atoms with E-state index in [-0.39, 0.29) is 5.76 Å². The highest BCUT2D eigenvalue weighted by atomic mass is 31.2. The average molecular weight is 291 g/mol. The summed E-state index contributed by atoms with van der Waals surface area (Å²) < 4.78 is 30.8. The molecule has 0 spiro atoms. The van der Waals surface area contributed by atoms with Crippen molar-refractivity contribution in [2.45, 2.75) is 5.78 Å². The van der Waals surface area contributed by atoms with Gasteiger partial charge in [0.2, 0.25) is 5.78 Å². The van der Waals surface area contributed by atoms with Crippen molar-refractivity contribution >= 4 is 19.5 Å². The Morgan fingerprint density at radius 3 is 2.37 bits per heavy atom. The SMILES string of the molecule is COC(=O)C(NC(=O)c1ccco1)P(=O)(OC)OC. The van der Waals surface area contributed by atoms with E-state index in [9.17, 15) is 14.2 Å². The van der Waals surface area contributed by atoms with Crippen LogP contribution in [-0.4, -0.2) is 39.0 Å². The third kappa shape index (κ3) is 3.44. The van der Waals surface area contributed by atoms with Crippen LogP contribution in [0, 0.1) is 0 Å². The molecule has 1 aromatic heterocycles. The minimum Gasteiger partial charge on any atom is -0.467 e. The predicted octanol–water partition coefficient (Wildman–Crippen LogP) is 0.994. The van der Waals surface area contributed by atoms with Crippen molar-refractivity contribution in [3.8, 4) is 0 Å². The van der Waals surface area contributed by atoms with Gasteiger partial charge < -0.3 is 23.5 Å². The molecule has 8 nitrogen and oxygen atoms in total. The maximum absolute atomic E-state index is 12.2. The van der Waals surface area contributed by atoms with Crippen LogP contribution < -0.4 is 5.32 Å². The fourth-order valence-electron chi connectivity index (χ4n) is 1.27. The Balaban J connectivity index is 2.96. The molecular weight excluding hydrogens is 277 g/mol. The van der Waals surface area contributed by atoms with Crippen molar-refractivity contribution in [2.24, 2.45) is 0 Å². The number of rotatable bonds is 6. The summed E-state index contributed by atoms with van der Waals surface area (Å²) in [6, 6.07) is 2.88. The normalized spacial score (nSPS) is 12.8. The van der Waals surface area contributed by atoms with Gasteiger partial charge in [-0.1, -0.05) is 0 Å². The zero-order valence-electron chi connectivity index (χ0n) is 10.6. The van der Waals surface area contributed by atoms with Crippen LogP contribution in [0.4, 0.5) is 0 Å². The third-order valence-corrected chi connectivity index (χ3v) is 4.25. The van der Waals surface area contributed by atoms with E-state index >= 15 is 0 Å². The molecule has 0 fully saturated rings. The molecule has 1 rings (SSSR count). The quantitative estimate of drug-likeness (QED) is 0.615. The van der Waals surface area contributed by atoms with E-state index in [1.54, 1.807) is 0 Å². The number of hydrogen-bond donors (Lipinski definition) is 1. The predicted molar refractivity (Wildman–Crippen MR) is 63.6 cm³/mol. The number of carbonyl (C=O) groups is 2. The highest BCUT2D eigenvalue weighted by Crippen LogP contribution is 2.50. The Bertz CT molecular complexity index is 476. The number of methoxy groups -OCH3 is 1. The number of carbonyl (C=O) groups excluding carboxylic acids is 2. The Hall–Kier alpha value is -1.63. The van der Waals surface area contributed by atoms with Crippen molar-refractivity contribution in [2.75, 3.05) is 21.3 Å². The van der Waals surface area contributed by atoms with Gasteiger partial charge in [-0.15, -0.1) is 0 Å². The summed E-state index contributed by atoms with van der Waals surface area (Å²) in [7, 11) is -0.587. The van der Waals surface area contributed by atoms with Gasteiger partial charge in [-0.3, -0.25) is 9.36 Å². The fourth-order valence-corrected chi connectivity index (χ4v) is 2.48. The smallest absolute Gasteiger partial charge is 0.363 e. The number of amides is 1. The number of esters is 1. The Morgan fingerprint density at radius 2 is 1.95 bits per heavy atom. The number of nitrogens with one attached hydrogen (secondary N) is 1. The van der Waals surface area contributed by atoms with Crippen LogP contribution in [0.15, 0.2) is 22.8 Å². The molecule has 9 heteroatoms. The first kappa shape index (κ1) is 15.4. The van der Waals surface area contributed by atoms with Gasteiger partial charge >= 0.3 is 13.6 Å². The maximum Gasteiger partial charge on any atom is 0.363 e. The molecule has 0 saturated carbocycles. The molecule has 1 aromatic rings. The summed E-state index contributed by atoms with van der Waals surface area (Å²) in [5, 5.41) is 2.19. The van der Waals surface area contributed by atoms with Crippen LogP contribution >= 0.6 is 7.60 Å². The van der Waals surface area contributed by atoms with E-state index < -0.39 is 25.3 Å². The zero-order valence-corrected chi connectivity index (χ0v) is 11.5. The molecule has 0 aromatic carbocycles. The minimum absolute atomic E-state index is 0.0485. The van der Waals surface area contributed by atoms with Crippen LogP contribution in [0.1, 0.15) is 10.6 Å². The maximum atomic E-state index is 12.2. The van der Waals surface area contributed by atoms with Crippen molar-refractivity contribution in [3.05, 3.63) is 24.2 Å². The highest BCUT2D eigenvalue weighted by Gasteiger charge is 2.42. The van der Waals surface area contributed by atoms with Crippen LogP contribution in [-0.2, 0) is 23.1 Å². The van der Waals surface area contributed by atoms with E-state index in [1.807, 2.05) is 0 Å². The molecule has 0 radical (unpaired) electrons. The standard InChI is InChI=1S/C10H14NO7P/c1-15-10(13)9(19(14,16-2)17-3)11-8(12)7-5-4-6-18-7/h4-6,9H,1-3H3,(H,11,12). The lowest BCUT2D eigenvalue weighted by Gasteiger charge is -2.22. The van der Waals surface area contributed by atoms with Gasteiger partial charge in [-0.2, -0.15) is 0 Å². The van der Waals surface area contributed by atoms with Crippen molar-refractivity contribution in [1.82, 2.24) is 5.32 Å². The molecule has 1 amide bonds. The first-order valence-corrected chi connectivity index (χ1v) is 6.73. The minimum atomic E-state index is -3.87. The Labute approximate surface area is 109 Å². The van der Waals surface area contributed by atoms with Gasteiger partial charge in [-0.05, 0) is 12.1 Å². The monoisotopic (exact) mass is 291 g/mol. The molecule has 1 unspecified atom stereocenters. The van der Waals surface area contributed by atoms with E-state index in [2.05, 4.69) is 19.1 Å². The summed E-state index contributed by atoms with van der Waals surface area (Å²) >= 11 is 0. The lowest BCUT2D eigenvalue weighted by Crippen LogP contribution is -2.41. The van der Waals surface area contributed by atoms with Crippen LogP contribution in [0.25, 0.3) is 0 Å². The zero-order chi connectivity index (χ0) is 14.5. The molecule has 1 N–H and O–H groups in total. The van der Waals surface area contributed by atoms with E-state index in [1.165, 1.54) is 18.4 Å². The Kier molecular flexibility index (Phi) is 5.29. The van der Waals surface area contributed by atoms with Gasteiger partial charge in [0.1, 0.15) is 0 Å². The molecular formula is C10H14NO7P.